The largest absolute Gasteiger partial charge is 0.465 e. The summed E-state index contributed by atoms with van der Waals surface area (Å²) in [5.41, 5.74) is 1.15. The molecule has 0 radical (unpaired) electrons. The molecule has 0 aliphatic heterocycles. The molecule has 1 aromatic carbocycles. The number of hydrogen-bond acceptors (Lipinski definition) is 3. The number of benzene rings is 1. The van der Waals surface area contributed by atoms with Gasteiger partial charge in [0.1, 0.15) is 5.54 Å². The molecule has 0 bridgehead atoms. The fourth-order valence-corrected chi connectivity index (χ4v) is 2.06. The minimum absolute atomic E-state index is 0.286. The molecule has 19 heavy (non-hydrogen) atoms. The Hall–Kier alpha value is -0.770. The van der Waals surface area contributed by atoms with Gasteiger partial charge in [0.2, 0.25) is 0 Å². The summed E-state index contributed by atoms with van der Waals surface area (Å²) in [6.07, 6.45) is 0. The highest BCUT2D eigenvalue weighted by atomic mass is 35.5. The molecule has 5 heteroatoms. The van der Waals surface area contributed by atoms with Crippen LogP contribution >= 0.6 is 23.2 Å². The Bertz CT molecular complexity index is 473. The standard InChI is InChI=1S/C14H19Cl2NO2/c1-5-19-13(18)14(3,4)17-8-10-9(2)6-7-11(15)12(10)16/h6-7,17H,5,8H2,1-4H3. The smallest absolute Gasteiger partial charge is 0.325 e. The molecule has 0 fully saturated rings. The summed E-state index contributed by atoms with van der Waals surface area (Å²) in [4.78, 5) is 11.8. The summed E-state index contributed by atoms with van der Waals surface area (Å²) in [6, 6.07) is 3.67. The molecule has 0 spiro atoms. The number of aryl methyl sites for hydroxylation is 1. The van der Waals surface area contributed by atoms with Crippen LogP contribution in [0.3, 0.4) is 0 Å². The van der Waals surface area contributed by atoms with E-state index in [2.05, 4.69) is 5.32 Å². The van der Waals surface area contributed by atoms with Gasteiger partial charge in [0.05, 0.1) is 16.7 Å². The lowest BCUT2D eigenvalue weighted by molar-refractivity contribution is -0.149. The first kappa shape index (κ1) is 16.3. The molecule has 0 saturated heterocycles. The number of esters is 1. The molecular weight excluding hydrogens is 285 g/mol. The van der Waals surface area contributed by atoms with Crippen molar-refractivity contribution in [1.82, 2.24) is 5.32 Å². The Balaban J connectivity index is 2.82. The van der Waals surface area contributed by atoms with E-state index in [1.54, 1.807) is 26.8 Å². The highest BCUT2D eigenvalue weighted by Crippen LogP contribution is 2.28. The molecule has 1 rings (SSSR count). The summed E-state index contributed by atoms with van der Waals surface area (Å²) in [7, 11) is 0. The fraction of sp³-hybridized carbons (Fsp3) is 0.500. The van der Waals surface area contributed by atoms with E-state index in [0.29, 0.717) is 23.2 Å². The average molecular weight is 304 g/mol. The summed E-state index contributed by atoms with van der Waals surface area (Å²) in [6.45, 7) is 8.11. The van der Waals surface area contributed by atoms with Crippen LogP contribution in [0.1, 0.15) is 31.9 Å². The second kappa shape index (κ2) is 6.60. The van der Waals surface area contributed by atoms with Crippen LogP contribution in [-0.4, -0.2) is 18.1 Å². The van der Waals surface area contributed by atoms with Gasteiger partial charge in [0.15, 0.2) is 0 Å². The monoisotopic (exact) mass is 303 g/mol. The number of nitrogens with one attached hydrogen (secondary N) is 1. The van der Waals surface area contributed by atoms with E-state index in [0.717, 1.165) is 11.1 Å². The molecule has 0 aromatic heterocycles. The van der Waals surface area contributed by atoms with Crippen molar-refractivity contribution in [3.63, 3.8) is 0 Å². The van der Waals surface area contributed by atoms with Gasteiger partial charge in [-0.15, -0.1) is 0 Å². The minimum atomic E-state index is -0.770. The van der Waals surface area contributed by atoms with Crippen molar-refractivity contribution in [2.75, 3.05) is 6.61 Å². The first-order valence-corrected chi connectivity index (χ1v) is 6.91. The van der Waals surface area contributed by atoms with Crippen molar-refractivity contribution in [3.05, 3.63) is 33.3 Å². The van der Waals surface area contributed by atoms with E-state index in [9.17, 15) is 4.79 Å². The highest BCUT2D eigenvalue weighted by molar-refractivity contribution is 6.42. The van der Waals surface area contributed by atoms with Crippen molar-refractivity contribution >= 4 is 29.2 Å². The van der Waals surface area contributed by atoms with Gasteiger partial charge in [-0.2, -0.15) is 0 Å². The zero-order valence-corrected chi connectivity index (χ0v) is 13.2. The van der Waals surface area contributed by atoms with Crippen LogP contribution in [0.25, 0.3) is 0 Å². The van der Waals surface area contributed by atoms with E-state index in [-0.39, 0.29) is 5.97 Å². The van der Waals surface area contributed by atoms with Gasteiger partial charge in [0, 0.05) is 6.54 Å². The number of ether oxygens (including phenoxy) is 1. The van der Waals surface area contributed by atoms with Gasteiger partial charge in [-0.05, 0) is 44.9 Å². The average Bonchev–Trinajstić information content (AvgIpc) is 2.34. The lowest BCUT2D eigenvalue weighted by atomic mass is 10.0. The van der Waals surface area contributed by atoms with Gasteiger partial charge in [-0.3, -0.25) is 10.1 Å². The van der Waals surface area contributed by atoms with Crippen molar-refractivity contribution in [1.29, 1.82) is 0 Å². The molecule has 106 valence electrons. The molecule has 1 N–H and O–H groups in total. The van der Waals surface area contributed by atoms with E-state index in [4.69, 9.17) is 27.9 Å². The Morgan fingerprint density at radius 3 is 2.58 bits per heavy atom. The second-order valence-electron chi connectivity index (χ2n) is 4.86. The third-order valence-electron chi connectivity index (χ3n) is 2.92. The molecule has 3 nitrogen and oxygen atoms in total. The van der Waals surface area contributed by atoms with E-state index in [1.165, 1.54) is 0 Å². The first-order valence-electron chi connectivity index (χ1n) is 6.15. The maximum absolute atomic E-state index is 11.8. The van der Waals surface area contributed by atoms with E-state index in [1.807, 2.05) is 13.0 Å². The third kappa shape index (κ3) is 4.10. The second-order valence-corrected chi connectivity index (χ2v) is 5.64. The zero-order chi connectivity index (χ0) is 14.6. The Morgan fingerprint density at radius 2 is 2.00 bits per heavy atom. The molecule has 0 atom stereocenters. The van der Waals surface area contributed by atoms with Crippen LogP contribution in [0.2, 0.25) is 10.0 Å². The molecule has 0 saturated carbocycles. The van der Waals surface area contributed by atoms with E-state index < -0.39 is 5.54 Å². The third-order valence-corrected chi connectivity index (χ3v) is 3.77. The molecule has 1 aromatic rings. The Kier molecular flexibility index (Phi) is 5.65. The van der Waals surface area contributed by atoms with Crippen LogP contribution in [0, 0.1) is 6.92 Å². The molecular formula is C14H19Cl2NO2. The lowest BCUT2D eigenvalue weighted by Gasteiger charge is -2.24. The van der Waals surface area contributed by atoms with Gasteiger partial charge in [-0.1, -0.05) is 29.3 Å². The van der Waals surface area contributed by atoms with Gasteiger partial charge in [0.25, 0.3) is 0 Å². The minimum Gasteiger partial charge on any atom is -0.465 e. The topological polar surface area (TPSA) is 38.3 Å². The van der Waals surface area contributed by atoms with Crippen LogP contribution in [0.5, 0.6) is 0 Å². The van der Waals surface area contributed by atoms with Crippen molar-refractivity contribution in [2.24, 2.45) is 0 Å². The van der Waals surface area contributed by atoms with Crippen molar-refractivity contribution < 1.29 is 9.53 Å². The fourth-order valence-electron chi connectivity index (χ4n) is 1.60. The normalized spacial score (nSPS) is 11.5. The molecule has 0 heterocycles. The summed E-state index contributed by atoms with van der Waals surface area (Å²) in [5.74, 6) is -0.286. The van der Waals surface area contributed by atoms with Crippen molar-refractivity contribution in [3.8, 4) is 0 Å². The Morgan fingerprint density at radius 1 is 1.37 bits per heavy atom. The summed E-state index contributed by atoms with van der Waals surface area (Å²) >= 11 is 12.2. The number of halogens is 2. The number of carbonyl (C=O) groups excluding carboxylic acids is 1. The van der Waals surface area contributed by atoms with Gasteiger partial charge >= 0.3 is 5.97 Å². The summed E-state index contributed by atoms with van der Waals surface area (Å²) < 4.78 is 5.02. The SMILES string of the molecule is CCOC(=O)C(C)(C)NCc1c(C)ccc(Cl)c1Cl. The molecule has 0 unspecified atom stereocenters. The quantitative estimate of drug-likeness (QED) is 0.842. The first-order chi connectivity index (χ1) is 8.79. The summed E-state index contributed by atoms with van der Waals surface area (Å²) in [5, 5.41) is 4.19. The Labute approximate surface area is 124 Å². The number of carbonyl (C=O) groups is 1. The lowest BCUT2D eigenvalue weighted by Crippen LogP contribution is -2.47. The van der Waals surface area contributed by atoms with Crippen LogP contribution in [0.4, 0.5) is 0 Å². The number of hydrogen-bond donors (Lipinski definition) is 1. The van der Waals surface area contributed by atoms with Crippen LogP contribution in [0.15, 0.2) is 12.1 Å². The highest BCUT2D eigenvalue weighted by Gasteiger charge is 2.28. The van der Waals surface area contributed by atoms with Crippen LogP contribution in [-0.2, 0) is 16.1 Å². The molecule has 0 aliphatic rings. The van der Waals surface area contributed by atoms with Gasteiger partial charge < -0.3 is 4.74 Å². The molecule has 0 amide bonds. The predicted octanol–water partition coefficient (Wildman–Crippen LogP) is 3.73. The van der Waals surface area contributed by atoms with Crippen molar-refractivity contribution in [2.45, 2.75) is 39.8 Å². The predicted molar refractivity (Wildman–Crippen MR) is 78.8 cm³/mol. The van der Waals surface area contributed by atoms with Crippen LogP contribution < -0.4 is 5.32 Å². The van der Waals surface area contributed by atoms with E-state index >= 15 is 0 Å². The maximum atomic E-state index is 11.8. The molecule has 0 aliphatic carbocycles. The number of rotatable bonds is 5. The maximum Gasteiger partial charge on any atom is 0.325 e. The van der Waals surface area contributed by atoms with Gasteiger partial charge in [-0.25, -0.2) is 0 Å². The zero-order valence-electron chi connectivity index (χ0n) is 11.6.